The minimum atomic E-state index is -0.953. The van der Waals surface area contributed by atoms with E-state index in [0.717, 1.165) is 0 Å². The highest BCUT2D eigenvalue weighted by Gasteiger charge is 2.13. The van der Waals surface area contributed by atoms with Gasteiger partial charge in [0.05, 0.1) is 18.3 Å². The van der Waals surface area contributed by atoms with Crippen LogP contribution in [0.15, 0.2) is 12.4 Å². The fourth-order valence-electron chi connectivity index (χ4n) is 1.04. The number of nitrogens with zero attached hydrogens (tertiary/aromatic N) is 2. The van der Waals surface area contributed by atoms with E-state index < -0.39 is 12.0 Å². The summed E-state index contributed by atoms with van der Waals surface area (Å²) < 4.78 is 1.32. The maximum Gasteiger partial charge on any atom is 0.328 e. The van der Waals surface area contributed by atoms with Gasteiger partial charge in [0.2, 0.25) is 5.91 Å². The average Bonchev–Trinajstić information content (AvgIpc) is 2.71. The van der Waals surface area contributed by atoms with Crippen molar-refractivity contribution in [2.24, 2.45) is 0 Å². The second-order valence-electron chi connectivity index (χ2n) is 3.43. The molecule has 0 aromatic carbocycles. The summed E-state index contributed by atoms with van der Waals surface area (Å²) in [6, 6.07) is -0.721. The first kappa shape index (κ1) is 12.8. The van der Waals surface area contributed by atoms with Gasteiger partial charge in [-0.15, -0.1) is 0 Å². The van der Waals surface area contributed by atoms with E-state index in [-0.39, 0.29) is 12.5 Å². The lowest BCUT2D eigenvalue weighted by atomic mass is 10.3. The number of rotatable bonds is 3. The molecule has 0 saturated carbocycles. The van der Waals surface area contributed by atoms with E-state index in [1.807, 2.05) is 0 Å². The Morgan fingerprint density at radius 3 is 2.94 bits per heavy atom. The Balaban J connectivity index is 2.62. The molecule has 17 heavy (non-hydrogen) atoms. The molecule has 0 fully saturated rings. The highest BCUT2D eigenvalue weighted by molar-refractivity contribution is 5.73. The van der Waals surface area contributed by atoms with Crippen molar-refractivity contribution in [3.63, 3.8) is 0 Å². The Morgan fingerprint density at radius 2 is 2.35 bits per heavy atom. The molecule has 0 aliphatic carbocycles. The third-order valence-corrected chi connectivity index (χ3v) is 2.01. The van der Waals surface area contributed by atoms with Crippen LogP contribution in [0.4, 0.5) is 0 Å². The molecule has 1 heterocycles. The molecule has 0 aliphatic rings. The number of aliphatic carboxylic acids is 1. The predicted octanol–water partition coefficient (Wildman–Crippen LogP) is 0.0163. The van der Waals surface area contributed by atoms with Gasteiger partial charge >= 0.3 is 5.97 Å². The molecule has 6 nitrogen and oxygen atoms in total. The summed E-state index contributed by atoms with van der Waals surface area (Å²) in [4.78, 5) is 21.3. The topological polar surface area (TPSA) is 84.2 Å². The highest BCUT2D eigenvalue weighted by atomic mass is 16.4. The smallest absolute Gasteiger partial charge is 0.328 e. The molecule has 1 amide bonds. The highest BCUT2D eigenvalue weighted by Crippen LogP contribution is 2.05. The fraction of sp³-hybridized carbons (Fsp3) is 0.364. The predicted molar refractivity (Wildman–Crippen MR) is 60.1 cm³/mol. The Kier molecular flexibility index (Phi) is 4.29. The number of carboxylic acid groups (broad SMARTS) is 1. The molecule has 0 radical (unpaired) electrons. The number of carbonyl (C=O) groups is 2. The van der Waals surface area contributed by atoms with Gasteiger partial charge in [-0.2, -0.15) is 5.10 Å². The van der Waals surface area contributed by atoms with Crippen molar-refractivity contribution in [1.29, 1.82) is 0 Å². The average molecular weight is 235 g/mol. The first-order chi connectivity index (χ1) is 8.00. The molecule has 1 rings (SSSR count). The summed E-state index contributed by atoms with van der Waals surface area (Å²) in [6.45, 7) is 3.20. The zero-order valence-corrected chi connectivity index (χ0v) is 9.60. The maximum atomic E-state index is 10.7. The molecule has 0 unspecified atom stereocenters. The number of hydrogen-bond donors (Lipinski definition) is 2. The van der Waals surface area contributed by atoms with Gasteiger partial charge in [-0.25, -0.2) is 4.79 Å². The van der Waals surface area contributed by atoms with Gasteiger partial charge in [0.25, 0.3) is 0 Å². The molecule has 0 saturated heterocycles. The van der Waals surface area contributed by atoms with Gasteiger partial charge in [0.1, 0.15) is 6.04 Å². The van der Waals surface area contributed by atoms with Crippen molar-refractivity contribution in [3.05, 3.63) is 18.0 Å². The van der Waals surface area contributed by atoms with Crippen LogP contribution in [0.5, 0.6) is 0 Å². The molecular weight excluding hydrogens is 222 g/mol. The van der Waals surface area contributed by atoms with Gasteiger partial charge in [-0.1, -0.05) is 11.8 Å². The van der Waals surface area contributed by atoms with E-state index in [2.05, 4.69) is 22.3 Å². The van der Waals surface area contributed by atoms with Crippen LogP contribution in [0.2, 0.25) is 0 Å². The van der Waals surface area contributed by atoms with Crippen LogP contribution < -0.4 is 5.32 Å². The van der Waals surface area contributed by atoms with Gasteiger partial charge < -0.3 is 10.4 Å². The first-order valence-electron chi connectivity index (χ1n) is 5.01. The van der Waals surface area contributed by atoms with Crippen LogP contribution >= 0.6 is 0 Å². The Bertz CT molecular complexity index is 482. The van der Waals surface area contributed by atoms with Gasteiger partial charge in [-0.3, -0.25) is 9.48 Å². The molecule has 0 bridgehead atoms. The minimum absolute atomic E-state index is 0.144. The summed E-state index contributed by atoms with van der Waals surface area (Å²) in [6.07, 6.45) is 3.04. The second kappa shape index (κ2) is 5.70. The van der Waals surface area contributed by atoms with Crippen LogP contribution in [-0.2, 0) is 9.59 Å². The Hall–Kier alpha value is -2.29. The van der Waals surface area contributed by atoms with E-state index in [1.54, 1.807) is 6.20 Å². The number of amides is 1. The third kappa shape index (κ3) is 3.99. The van der Waals surface area contributed by atoms with Crippen LogP contribution in [0.3, 0.4) is 0 Å². The number of nitrogens with one attached hydrogen (secondary N) is 1. The van der Waals surface area contributed by atoms with Crippen molar-refractivity contribution >= 4 is 11.9 Å². The van der Waals surface area contributed by atoms with Crippen molar-refractivity contribution in [3.8, 4) is 11.8 Å². The van der Waals surface area contributed by atoms with Crippen molar-refractivity contribution in [2.75, 3.05) is 6.54 Å². The lowest BCUT2D eigenvalue weighted by Gasteiger charge is -2.04. The first-order valence-corrected chi connectivity index (χ1v) is 5.01. The number of aromatic nitrogens is 2. The number of carbonyl (C=O) groups excluding carboxylic acids is 1. The zero-order valence-electron chi connectivity index (χ0n) is 9.60. The molecular formula is C11H13N3O3. The monoisotopic (exact) mass is 235 g/mol. The number of hydrogen-bond acceptors (Lipinski definition) is 3. The Morgan fingerprint density at radius 1 is 1.65 bits per heavy atom. The summed E-state index contributed by atoms with van der Waals surface area (Å²) in [5.41, 5.74) is 0.614. The standard InChI is InChI=1S/C11H13N3O3/c1-8(11(16)17)14-7-10(6-13-14)4-3-5-12-9(2)15/h6-8H,5H2,1-2H3,(H,12,15)(H,16,17)/t8-/m0/s1. The Labute approximate surface area is 98.6 Å². The molecule has 2 N–H and O–H groups in total. The van der Waals surface area contributed by atoms with Crippen molar-refractivity contribution in [1.82, 2.24) is 15.1 Å². The maximum absolute atomic E-state index is 10.7. The van der Waals surface area contributed by atoms with Crippen LogP contribution in [-0.4, -0.2) is 33.3 Å². The normalized spacial score (nSPS) is 11.2. The summed E-state index contributed by atoms with van der Waals surface area (Å²) in [5, 5.41) is 15.2. The SMILES string of the molecule is CC(=O)NCC#Cc1cnn([C@@H](C)C(=O)O)c1. The van der Waals surface area contributed by atoms with E-state index in [4.69, 9.17) is 5.11 Å². The molecule has 1 aromatic heterocycles. The summed E-state index contributed by atoms with van der Waals surface area (Å²) in [5.74, 6) is 4.41. The number of carboxylic acids is 1. The van der Waals surface area contributed by atoms with Gasteiger partial charge in [0.15, 0.2) is 0 Å². The van der Waals surface area contributed by atoms with E-state index in [9.17, 15) is 9.59 Å². The quantitative estimate of drug-likeness (QED) is 0.723. The van der Waals surface area contributed by atoms with Crippen molar-refractivity contribution < 1.29 is 14.7 Å². The van der Waals surface area contributed by atoms with Crippen LogP contribution in [0.25, 0.3) is 0 Å². The fourth-order valence-corrected chi connectivity index (χ4v) is 1.04. The molecule has 1 aromatic rings. The largest absolute Gasteiger partial charge is 0.480 e. The van der Waals surface area contributed by atoms with E-state index in [0.29, 0.717) is 5.56 Å². The third-order valence-electron chi connectivity index (χ3n) is 2.01. The lowest BCUT2D eigenvalue weighted by Crippen LogP contribution is -2.19. The van der Waals surface area contributed by atoms with Crippen LogP contribution in [0.1, 0.15) is 25.5 Å². The van der Waals surface area contributed by atoms with Crippen molar-refractivity contribution in [2.45, 2.75) is 19.9 Å². The lowest BCUT2D eigenvalue weighted by molar-refractivity contribution is -0.140. The molecule has 0 spiro atoms. The zero-order chi connectivity index (χ0) is 12.8. The van der Waals surface area contributed by atoms with E-state index in [1.165, 1.54) is 24.7 Å². The molecule has 90 valence electrons. The van der Waals surface area contributed by atoms with E-state index >= 15 is 0 Å². The van der Waals surface area contributed by atoms with Gasteiger partial charge in [0, 0.05) is 13.1 Å². The minimum Gasteiger partial charge on any atom is -0.480 e. The molecule has 1 atom stereocenters. The molecule has 0 aliphatic heterocycles. The summed E-state index contributed by atoms with van der Waals surface area (Å²) in [7, 11) is 0. The molecule has 6 heteroatoms. The van der Waals surface area contributed by atoms with Gasteiger partial charge in [-0.05, 0) is 6.92 Å². The summed E-state index contributed by atoms with van der Waals surface area (Å²) >= 11 is 0. The van der Waals surface area contributed by atoms with Crippen LogP contribution in [0, 0.1) is 11.8 Å². The second-order valence-corrected chi connectivity index (χ2v) is 3.43.